The predicted octanol–water partition coefficient (Wildman–Crippen LogP) is 7.90. The fourth-order valence-corrected chi connectivity index (χ4v) is 12.2. The van der Waals surface area contributed by atoms with Gasteiger partial charge in [0, 0.05) is 9.47 Å². The molecule has 3 nitrogen and oxygen atoms in total. The van der Waals surface area contributed by atoms with Gasteiger partial charge < -0.3 is 9.63 Å². The average Bonchev–Trinajstić information content (AvgIpc) is 3.15. The number of rotatable bonds is 3. The summed E-state index contributed by atoms with van der Waals surface area (Å²) in [5, 5.41) is 10.5. The molecule has 0 aromatic rings. The van der Waals surface area contributed by atoms with Crippen molar-refractivity contribution in [3.8, 4) is 0 Å². The monoisotopic (exact) mass is 488 g/mol. The molecule has 4 heteroatoms. The maximum Gasteiger partial charge on any atom is 0.309 e. The van der Waals surface area contributed by atoms with Gasteiger partial charge in [0.1, 0.15) is 0 Å². The molecule has 192 valence electrons. The number of fused-ring (bicyclic) bond motifs is 7. The van der Waals surface area contributed by atoms with Crippen molar-refractivity contribution in [2.45, 2.75) is 112 Å². The highest BCUT2D eigenvalue weighted by atomic mass is 31.0. The first-order valence-electron chi connectivity index (χ1n) is 14.0. The van der Waals surface area contributed by atoms with Crippen LogP contribution in [0.2, 0.25) is 0 Å². The quantitative estimate of drug-likeness (QED) is 0.324. The van der Waals surface area contributed by atoms with Crippen molar-refractivity contribution in [2.75, 3.05) is 0 Å². The Morgan fingerprint density at radius 1 is 0.882 bits per heavy atom. The van der Waals surface area contributed by atoms with Gasteiger partial charge in [0.05, 0.1) is 11.5 Å². The van der Waals surface area contributed by atoms with Gasteiger partial charge in [-0.05, 0) is 122 Å². The van der Waals surface area contributed by atoms with E-state index in [-0.39, 0.29) is 22.2 Å². The summed E-state index contributed by atoms with van der Waals surface area (Å²) in [5.74, 6) is 2.02. The second-order valence-corrected chi connectivity index (χ2v) is 14.9. The van der Waals surface area contributed by atoms with E-state index >= 15 is 0 Å². The van der Waals surface area contributed by atoms with E-state index in [0.29, 0.717) is 35.2 Å². The topological polar surface area (TPSA) is 46.5 Å². The summed E-state index contributed by atoms with van der Waals surface area (Å²) in [7, 11) is 2.55. The van der Waals surface area contributed by atoms with Gasteiger partial charge in [-0.2, -0.15) is 0 Å². The molecular formula is C30H49O3P. The summed E-state index contributed by atoms with van der Waals surface area (Å²) >= 11 is 0. The van der Waals surface area contributed by atoms with Gasteiger partial charge in [-0.1, -0.05) is 46.8 Å². The Labute approximate surface area is 210 Å². The molecule has 0 spiro atoms. The number of aliphatic carboxylic acids is 1. The molecule has 0 bridgehead atoms. The maximum atomic E-state index is 12.8. The summed E-state index contributed by atoms with van der Waals surface area (Å²) in [6.07, 6.45) is 11.6. The standard InChI is InChI=1S/C30H49O3P/c1-18(2)19-10-15-30(25(31)32)17-16-28(6)20(24(19)30)8-9-22-27(5)13-12-23(33-34)26(3,4)21(27)11-14-29(22,28)7/h19-24H,1,8-17,34H2,2-7H3,(H,31,32). The van der Waals surface area contributed by atoms with Gasteiger partial charge in [0.25, 0.3) is 0 Å². The van der Waals surface area contributed by atoms with Gasteiger partial charge in [0.15, 0.2) is 0 Å². The van der Waals surface area contributed by atoms with Crippen LogP contribution in [0.5, 0.6) is 0 Å². The minimum atomic E-state index is -0.524. The number of hydrogen-bond donors (Lipinski definition) is 1. The minimum absolute atomic E-state index is 0.190. The van der Waals surface area contributed by atoms with Crippen molar-refractivity contribution < 1.29 is 14.4 Å². The van der Waals surface area contributed by atoms with E-state index in [2.05, 4.69) is 57.6 Å². The average molecular weight is 489 g/mol. The smallest absolute Gasteiger partial charge is 0.309 e. The Balaban J connectivity index is 1.55. The molecule has 5 saturated carbocycles. The van der Waals surface area contributed by atoms with E-state index in [1.165, 1.54) is 37.7 Å². The molecule has 34 heavy (non-hydrogen) atoms. The summed E-state index contributed by atoms with van der Waals surface area (Å²) < 4.78 is 5.94. The minimum Gasteiger partial charge on any atom is -0.481 e. The van der Waals surface area contributed by atoms with Gasteiger partial charge in [-0.25, -0.2) is 0 Å². The van der Waals surface area contributed by atoms with Crippen LogP contribution in [0.1, 0.15) is 106 Å². The molecule has 5 fully saturated rings. The Bertz CT molecular complexity index is 882. The van der Waals surface area contributed by atoms with Crippen molar-refractivity contribution >= 4 is 15.4 Å². The fourth-order valence-electron chi connectivity index (χ4n) is 11.7. The lowest BCUT2D eigenvalue weighted by atomic mass is 9.32. The van der Waals surface area contributed by atoms with Crippen molar-refractivity contribution in [1.29, 1.82) is 0 Å². The van der Waals surface area contributed by atoms with Crippen molar-refractivity contribution in [2.24, 2.45) is 56.7 Å². The number of allylic oxidation sites excluding steroid dienone is 1. The highest BCUT2D eigenvalue weighted by Crippen LogP contribution is 2.77. The lowest BCUT2D eigenvalue weighted by molar-refractivity contribution is -0.245. The Morgan fingerprint density at radius 2 is 1.59 bits per heavy atom. The third-order valence-electron chi connectivity index (χ3n) is 13.6. The van der Waals surface area contributed by atoms with Crippen LogP contribution in [0.25, 0.3) is 0 Å². The zero-order chi connectivity index (χ0) is 24.9. The molecule has 11 unspecified atom stereocenters. The van der Waals surface area contributed by atoms with Gasteiger partial charge in [-0.3, -0.25) is 4.79 Å². The van der Waals surface area contributed by atoms with Crippen LogP contribution < -0.4 is 0 Å². The van der Waals surface area contributed by atoms with E-state index in [0.717, 1.165) is 32.1 Å². The Kier molecular flexibility index (Phi) is 5.79. The van der Waals surface area contributed by atoms with Crippen LogP contribution in [0, 0.1) is 56.7 Å². The molecule has 0 amide bonds. The van der Waals surface area contributed by atoms with E-state index in [4.69, 9.17) is 4.52 Å². The summed E-state index contributed by atoms with van der Waals surface area (Å²) in [6.45, 7) is 19.3. The predicted molar refractivity (Wildman–Crippen MR) is 141 cm³/mol. The van der Waals surface area contributed by atoms with Crippen LogP contribution in [-0.2, 0) is 9.32 Å². The van der Waals surface area contributed by atoms with Crippen LogP contribution in [0.15, 0.2) is 12.2 Å². The number of carbonyl (C=O) groups is 1. The molecule has 5 aliphatic carbocycles. The van der Waals surface area contributed by atoms with Crippen LogP contribution >= 0.6 is 9.47 Å². The fraction of sp³-hybridized carbons (Fsp3) is 0.900. The van der Waals surface area contributed by atoms with E-state index < -0.39 is 11.4 Å². The number of carboxylic acids is 1. The summed E-state index contributed by atoms with van der Waals surface area (Å²) in [4.78, 5) is 12.8. The highest BCUT2D eigenvalue weighted by Gasteiger charge is 2.72. The van der Waals surface area contributed by atoms with Crippen molar-refractivity contribution in [3.05, 3.63) is 12.2 Å². The molecule has 0 heterocycles. The molecule has 0 aromatic carbocycles. The molecule has 11 atom stereocenters. The Morgan fingerprint density at radius 3 is 2.21 bits per heavy atom. The third kappa shape index (κ3) is 2.92. The molecule has 0 aliphatic heterocycles. The van der Waals surface area contributed by atoms with Crippen molar-refractivity contribution in [1.82, 2.24) is 0 Å². The third-order valence-corrected chi connectivity index (χ3v) is 13.9. The molecule has 0 aromatic heterocycles. The van der Waals surface area contributed by atoms with E-state index in [1.54, 1.807) is 0 Å². The van der Waals surface area contributed by atoms with E-state index in [1.807, 2.05) is 0 Å². The normalized spacial score (nSPS) is 53.7. The van der Waals surface area contributed by atoms with Gasteiger partial charge in [-0.15, -0.1) is 0 Å². The lowest BCUT2D eigenvalue weighted by Crippen LogP contribution is -2.67. The van der Waals surface area contributed by atoms with E-state index in [9.17, 15) is 9.90 Å². The van der Waals surface area contributed by atoms with Crippen LogP contribution in [-0.4, -0.2) is 17.2 Å². The van der Waals surface area contributed by atoms with Gasteiger partial charge in [0.2, 0.25) is 0 Å². The van der Waals surface area contributed by atoms with Gasteiger partial charge >= 0.3 is 5.97 Å². The Hall–Kier alpha value is -0.400. The molecule has 1 N–H and O–H groups in total. The summed E-state index contributed by atoms with van der Waals surface area (Å²) in [5.41, 5.74) is 1.72. The number of carboxylic acid groups (broad SMARTS) is 1. The largest absolute Gasteiger partial charge is 0.481 e. The lowest BCUT2D eigenvalue weighted by Gasteiger charge is -2.72. The molecule has 0 saturated heterocycles. The summed E-state index contributed by atoms with van der Waals surface area (Å²) in [6, 6.07) is 0. The SMILES string of the molecule is C=C(C)C1CCC2(C(=O)O)CCC3(C)C(CCC4C5(C)CCC(OP)C(C)(C)C5CCC43C)C12. The molecule has 5 aliphatic rings. The zero-order valence-electron chi connectivity index (χ0n) is 22.6. The highest BCUT2D eigenvalue weighted by molar-refractivity contribution is 7.09. The molecule has 5 rings (SSSR count). The van der Waals surface area contributed by atoms with Crippen LogP contribution in [0.3, 0.4) is 0 Å². The zero-order valence-corrected chi connectivity index (χ0v) is 23.7. The first kappa shape index (κ1) is 25.3. The first-order valence-corrected chi connectivity index (χ1v) is 14.5. The second-order valence-electron chi connectivity index (χ2n) is 14.6. The second kappa shape index (κ2) is 7.80. The van der Waals surface area contributed by atoms with Crippen molar-refractivity contribution in [3.63, 3.8) is 0 Å². The molecular weight excluding hydrogens is 439 g/mol. The maximum absolute atomic E-state index is 12.8. The number of hydrogen-bond acceptors (Lipinski definition) is 2. The molecule has 0 radical (unpaired) electrons. The first-order chi connectivity index (χ1) is 15.8. The van der Waals surface area contributed by atoms with Crippen LogP contribution in [0.4, 0.5) is 0 Å².